The Labute approximate surface area is 150 Å². The van der Waals surface area contributed by atoms with Gasteiger partial charge in [-0.1, -0.05) is 22.8 Å². The van der Waals surface area contributed by atoms with Gasteiger partial charge >= 0.3 is 5.97 Å². The fraction of sp³-hybridized carbons (Fsp3) is 0.312. The Bertz CT molecular complexity index is 874. The molecular formula is C16H14ClNO6S. The Hall–Kier alpha value is -2.03. The highest BCUT2D eigenvalue weighted by Gasteiger charge is 2.37. The summed E-state index contributed by atoms with van der Waals surface area (Å²) in [6.45, 7) is 0. The van der Waals surface area contributed by atoms with E-state index in [1.807, 2.05) is 0 Å². The fourth-order valence-corrected chi connectivity index (χ4v) is 3.25. The van der Waals surface area contributed by atoms with Crippen molar-refractivity contribution in [3.05, 3.63) is 51.4 Å². The summed E-state index contributed by atoms with van der Waals surface area (Å²) in [6, 6.07) is 4.44. The molecule has 7 nitrogen and oxygen atoms in total. The number of ether oxygens (including phenoxy) is 1. The Morgan fingerprint density at radius 2 is 2.16 bits per heavy atom. The van der Waals surface area contributed by atoms with Crippen molar-refractivity contribution in [3.63, 3.8) is 0 Å². The zero-order valence-corrected chi connectivity index (χ0v) is 14.7. The molecule has 1 atom stereocenters. The summed E-state index contributed by atoms with van der Waals surface area (Å²) < 4.78 is 29.7. The van der Waals surface area contributed by atoms with Crippen LogP contribution in [0.5, 0.6) is 0 Å². The number of ketones is 1. The summed E-state index contributed by atoms with van der Waals surface area (Å²) >= 11 is 4.16. The van der Waals surface area contributed by atoms with Crippen LogP contribution >= 0.6 is 11.6 Å². The highest BCUT2D eigenvalue weighted by atomic mass is 35.5. The molecule has 0 amide bonds. The zero-order valence-electron chi connectivity index (χ0n) is 13.2. The quantitative estimate of drug-likeness (QED) is 0.464. The largest absolute Gasteiger partial charge is 0.464 e. The van der Waals surface area contributed by atoms with E-state index in [2.05, 4.69) is 9.89 Å². The summed E-state index contributed by atoms with van der Waals surface area (Å²) in [7, 11) is 1.19. The third-order valence-corrected chi connectivity index (χ3v) is 4.73. The van der Waals surface area contributed by atoms with Crippen LogP contribution in [-0.2, 0) is 21.6 Å². The Morgan fingerprint density at radius 3 is 2.72 bits per heavy atom. The molecule has 0 spiro atoms. The van der Waals surface area contributed by atoms with Crippen molar-refractivity contribution in [1.29, 1.82) is 0 Å². The summed E-state index contributed by atoms with van der Waals surface area (Å²) in [5.41, 5.74) is 0.563. The molecule has 2 aromatic rings. The van der Waals surface area contributed by atoms with Crippen molar-refractivity contribution in [3.8, 4) is 0 Å². The van der Waals surface area contributed by atoms with E-state index in [0.29, 0.717) is 11.3 Å². The van der Waals surface area contributed by atoms with Gasteiger partial charge in [0, 0.05) is 11.5 Å². The number of esters is 1. The number of hydrogen-bond acceptors (Lipinski definition) is 6. The van der Waals surface area contributed by atoms with Crippen LogP contribution < -0.4 is 0 Å². The number of methoxy groups -OCH3 is 1. The molecule has 0 bridgehead atoms. The van der Waals surface area contributed by atoms with Crippen LogP contribution in [0.15, 0.2) is 22.7 Å². The molecule has 1 unspecified atom stereocenters. The summed E-state index contributed by atoms with van der Waals surface area (Å²) in [6.07, 6.45) is 1.70. The van der Waals surface area contributed by atoms with Crippen molar-refractivity contribution in [2.45, 2.75) is 24.5 Å². The SMILES string of the molecule is COC(=O)c1noc(C2CC2)c1C(=O)c1ccc(CS(=O)O)cc1Cl. The molecule has 0 radical (unpaired) electrons. The first-order valence-corrected chi connectivity index (χ1v) is 9.06. The van der Waals surface area contributed by atoms with E-state index in [-0.39, 0.29) is 33.5 Å². The van der Waals surface area contributed by atoms with Gasteiger partial charge in [0.15, 0.2) is 16.8 Å². The maximum Gasteiger partial charge on any atom is 0.361 e. The van der Waals surface area contributed by atoms with Gasteiger partial charge in [0.1, 0.15) is 5.56 Å². The molecule has 1 aliphatic rings. The predicted molar refractivity (Wildman–Crippen MR) is 89.2 cm³/mol. The van der Waals surface area contributed by atoms with Gasteiger partial charge in [0.25, 0.3) is 0 Å². The molecule has 1 saturated carbocycles. The Kier molecular flexibility index (Phi) is 5.03. The first kappa shape index (κ1) is 17.8. The molecule has 25 heavy (non-hydrogen) atoms. The minimum absolute atomic E-state index is 0.0553. The lowest BCUT2D eigenvalue weighted by atomic mass is 9.98. The molecule has 1 fully saturated rings. The summed E-state index contributed by atoms with van der Waals surface area (Å²) in [5.74, 6) is -0.934. The lowest BCUT2D eigenvalue weighted by Gasteiger charge is -2.06. The fourth-order valence-electron chi connectivity index (χ4n) is 2.49. The molecule has 1 aromatic heterocycles. The molecule has 1 N–H and O–H groups in total. The van der Waals surface area contributed by atoms with E-state index >= 15 is 0 Å². The van der Waals surface area contributed by atoms with E-state index in [0.717, 1.165) is 12.8 Å². The lowest BCUT2D eigenvalue weighted by molar-refractivity contribution is 0.0586. The van der Waals surface area contributed by atoms with Gasteiger partial charge in [-0.25, -0.2) is 9.00 Å². The molecule has 3 rings (SSSR count). The molecule has 1 aliphatic carbocycles. The number of halogens is 1. The summed E-state index contributed by atoms with van der Waals surface area (Å²) in [5, 5.41) is 3.81. The van der Waals surface area contributed by atoms with E-state index in [1.165, 1.54) is 25.3 Å². The second kappa shape index (κ2) is 7.07. The standard InChI is InChI=1S/C16H14ClNO6S/c1-23-16(20)13-12(15(24-18-13)9-3-4-9)14(19)10-5-2-8(6-11(10)17)7-25(21)22/h2,5-6,9H,3-4,7H2,1H3,(H,21,22). The second-order valence-electron chi connectivity index (χ2n) is 5.65. The van der Waals surface area contributed by atoms with Crippen molar-refractivity contribution >= 4 is 34.4 Å². The van der Waals surface area contributed by atoms with Crippen LogP contribution in [-0.4, -0.2) is 32.8 Å². The van der Waals surface area contributed by atoms with Crippen LogP contribution in [0.4, 0.5) is 0 Å². The van der Waals surface area contributed by atoms with E-state index < -0.39 is 22.8 Å². The highest BCUT2D eigenvalue weighted by Crippen LogP contribution is 2.43. The smallest absolute Gasteiger partial charge is 0.361 e. The van der Waals surface area contributed by atoms with Crippen LogP contribution in [0.2, 0.25) is 5.02 Å². The molecule has 0 saturated heterocycles. The van der Waals surface area contributed by atoms with E-state index in [4.69, 9.17) is 20.7 Å². The average molecular weight is 384 g/mol. The van der Waals surface area contributed by atoms with Crippen LogP contribution in [0, 0.1) is 0 Å². The van der Waals surface area contributed by atoms with E-state index in [1.54, 1.807) is 0 Å². The average Bonchev–Trinajstić information content (AvgIpc) is 3.31. The van der Waals surface area contributed by atoms with Crippen molar-refractivity contribution in [1.82, 2.24) is 5.16 Å². The Balaban J connectivity index is 2.02. The Morgan fingerprint density at radius 1 is 1.44 bits per heavy atom. The van der Waals surface area contributed by atoms with Crippen LogP contribution in [0.25, 0.3) is 0 Å². The minimum Gasteiger partial charge on any atom is -0.464 e. The van der Waals surface area contributed by atoms with Crippen molar-refractivity contribution in [2.75, 3.05) is 7.11 Å². The first-order valence-electron chi connectivity index (χ1n) is 7.40. The molecule has 132 valence electrons. The number of nitrogens with zero attached hydrogens (tertiary/aromatic N) is 1. The molecule has 1 aromatic carbocycles. The number of carbonyl (C=O) groups is 2. The number of aromatic nitrogens is 1. The van der Waals surface area contributed by atoms with Gasteiger partial charge in [-0.15, -0.1) is 0 Å². The van der Waals surface area contributed by atoms with Gasteiger partial charge in [-0.2, -0.15) is 0 Å². The zero-order chi connectivity index (χ0) is 18.1. The molecule has 0 aliphatic heterocycles. The normalized spacial score (nSPS) is 15.0. The van der Waals surface area contributed by atoms with Crippen molar-refractivity contribution in [2.24, 2.45) is 0 Å². The third kappa shape index (κ3) is 3.65. The summed E-state index contributed by atoms with van der Waals surface area (Å²) in [4.78, 5) is 24.8. The number of carbonyl (C=O) groups excluding carboxylic acids is 2. The van der Waals surface area contributed by atoms with Gasteiger partial charge < -0.3 is 13.8 Å². The highest BCUT2D eigenvalue weighted by molar-refractivity contribution is 7.78. The maximum absolute atomic E-state index is 13.0. The first-order chi connectivity index (χ1) is 11.9. The number of hydrogen-bond donors (Lipinski definition) is 1. The molecule has 9 heteroatoms. The minimum atomic E-state index is -2.01. The van der Waals surface area contributed by atoms with E-state index in [9.17, 15) is 13.8 Å². The predicted octanol–water partition coefficient (Wildman–Crippen LogP) is 2.94. The second-order valence-corrected chi connectivity index (χ2v) is 6.98. The number of benzene rings is 1. The molecular weight excluding hydrogens is 370 g/mol. The molecule has 1 heterocycles. The topological polar surface area (TPSA) is 107 Å². The van der Waals surface area contributed by atoms with Gasteiger partial charge in [0.05, 0.1) is 17.9 Å². The van der Waals surface area contributed by atoms with Crippen molar-refractivity contribution < 1.29 is 27.6 Å². The third-order valence-electron chi connectivity index (χ3n) is 3.84. The van der Waals surface area contributed by atoms with Crippen LogP contribution in [0.1, 0.15) is 56.5 Å². The van der Waals surface area contributed by atoms with Gasteiger partial charge in [-0.05, 0) is 30.5 Å². The lowest BCUT2D eigenvalue weighted by Crippen LogP contribution is -2.12. The maximum atomic E-state index is 13.0. The van der Waals surface area contributed by atoms with Crippen LogP contribution in [0.3, 0.4) is 0 Å². The monoisotopic (exact) mass is 383 g/mol. The van der Waals surface area contributed by atoms with Gasteiger partial charge in [-0.3, -0.25) is 4.79 Å². The number of rotatable bonds is 6. The van der Waals surface area contributed by atoms with Gasteiger partial charge in [0.2, 0.25) is 11.5 Å².